The summed E-state index contributed by atoms with van der Waals surface area (Å²) in [6.45, 7) is 0.118. The Morgan fingerprint density at radius 2 is 1.91 bits per heavy atom. The molecule has 1 aromatic carbocycles. The molecule has 33 heavy (non-hydrogen) atoms. The number of aromatic amines is 1. The maximum absolute atomic E-state index is 12.7. The third-order valence-electron chi connectivity index (χ3n) is 6.05. The highest BCUT2D eigenvalue weighted by atomic mass is 32.2. The van der Waals surface area contributed by atoms with Gasteiger partial charge in [-0.2, -0.15) is 0 Å². The molecule has 1 aromatic heterocycles. The van der Waals surface area contributed by atoms with Crippen LogP contribution in [0.25, 0.3) is 0 Å². The molecule has 2 saturated carbocycles. The molecule has 1 atom stereocenters. The van der Waals surface area contributed by atoms with Gasteiger partial charge in [0.25, 0.3) is 5.56 Å². The van der Waals surface area contributed by atoms with Crippen molar-refractivity contribution in [1.29, 1.82) is 0 Å². The van der Waals surface area contributed by atoms with Gasteiger partial charge in [0.2, 0.25) is 10.0 Å². The first-order valence-electron chi connectivity index (χ1n) is 11.5. The molecule has 2 N–H and O–H groups in total. The van der Waals surface area contributed by atoms with Crippen molar-refractivity contribution in [2.24, 2.45) is 5.92 Å². The van der Waals surface area contributed by atoms with Gasteiger partial charge in [0.05, 0.1) is 11.9 Å². The van der Waals surface area contributed by atoms with Crippen LogP contribution in [0.5, 0.6) is 5.75 Å². The second-order valence-corrected chi connectivity index (χ2v) is 10.7. The monoisotopic (exact) mass is 477 g/mol. The van der Waals surface area contributed by atoms with Crippen LogP contribution in [0.3, 0.4) is 0 Å². The van der Waals surface area contributed by atoms with E-state index >= 15 is 0 Å². The van der Waals surface area contributed by atoms with Gasteiger partial charge in [-0.15, -0.1) is 0 Å². The lowest BCUT2D eigenvalue weighted by Gasteiger charge is -2.20. The van der Waals surface area contributed by atoms with Crippen LogP contribution in [0.4, 0.5) is 0 Å². The quantitative estimate of drug-likeness (QED) is 0.453. The van der Waals surface area contributed by atoms with Crippen molar-refractivity contribution >= 4 is 10.0 Å². The smallest absolute Gasteiger partial charge is 0.330 e. The van der Waals surface area contributed by atoms with E-state index in [0.29, 0.717) is 5.92 Å². The lowest BCUT2D eigenvalue weighted by Crippen LogP contribution is -2.32. The SMILES string of the molecule is O=c1ccn(COCCCS(=O)(=O)NC(c2cccc(OC3CCCC3)c2)C2CC2)c(=O)[nH]1. The van der Waals surface area contributed by atoms with Gasteiger partial charge in [-0.1, -0.05) is 12.1 Å². The molecule has 1 heterocycles. The first-order valence-corrected chi connectivity index (χ1v) is 13.2. The summed E-state index contributed by atoms with van der Waals surface area (Å²) in [5.74, 6) is 1.02. The number of hydrogen-bond acceptors (Lipinski definition) is 6. The largest absolute Gasteiger partial charge is 0.490 e. The van der Waals surface area contributed by atoms with Crippen LogP contribution < -0.4 is 20.7 Å². The first kappa shape index (κ1) is 23.7. The number of ether oxygens (including phenoxy) is 2. The summed E-state index contributed by atoms with van der Waals surface area (Å²) < 4.78 is 41.1. The summed E-state index contributed by atoms with van der Waals surface area (Å²) >= 11 is 0. The molecule has 10 heteroatoms. The molecule has 0 bridgehead atoms. The highest BCUT2D eigenvalue weighted by Gasteiger charge is 2.35. The maximum Gasteiger partial charge on any atom is 0.330 e. The van der Waals surface area contributed by atoms with Crippen LogP contribution >= 0.6 is 0 Å². The standard InChI is InChI=1S/C23H31N3O6S/c27-21-11-12-26(23(28)24-21)16-31-13-4-14-33(29,30)25-22(17-9-10-17)18-5-3-8-20(15-18)32-19-6-1-2-7-19/h3,5,8,11-12,15,17,19,22,25H,1-2,4,6-7,9-10,13-14,16H2,(H,24,27,28). The first-order chi connectivity index (χ1) is 15.9. The van der Waals surface area contributed by atoms with Crippen LogP contribution in [-0.2, 0) is 21.5 Å². The Morgan fingerprint density at radius 3 is 2.64 bits per heavy atom. The number of H-pyrrole nitrogens is 1. The van der Waals surface area contributed by atoms with Gasteiger partial charge in [-0.25, -0.2) is 17.9 Å². The van der Waals surface area contributed by atoms with Crippen molar-refractivity contribution in [1.82, 2.24) is 14.3 Å². The molecule has 2 aliphatic rings. The van der Waals surface area contributed by atoms with E-state index in [1.54, 1.807) is 0 Å². The van der Waals surface area contributed by atoms with Gasteiger partial charge in [0.1, 0.15) is 12.5 Å². The molecule has 180 valence electrons. The molecule has 0 amide bonds. The molecule has 2 aromatic rings. The van der Waals surface area contributed by atoms with Gasteiger partial charge >= 0.3 is 5.69 Å². The number of rotatable bonds is 12. The number of nitrogens with one attached hydrogen (secondary N) is 2. The van der Waals surface area contributed by atoms with Crippen LogP contribution in [0.15, 0.2) is 46.1 Å². The fraction of sp³-hybridized carbons (Fsp3) is 0.565. The number of nitrogens with zero attached hydrogens (tertiary/aromatic N) is 1. The Morgan fingerprint density at radius 1 is 1.12 bits per heavy atom. The normalized spacial score (nSPS) is 17.8. The summed E-state index contributed by atoms with van der Waals surface area (Å²) in [5, 5.41) is 0. The second kappa shape index (κ2) is 10.7. The highest BCUT2D eigenvalue weighted by molar-refractivity contribution is 7.89. The van der Waals surface area contributed by atoms with Gasteiger partial charge < -0.3 is 9.47 Å². The Bertz CT molecular complexity index is 1150. The molecule has 1 unspecified atom stereocenters. The zero-order chi connectivity index (χ0) is 23.3. The fourth-order valence-electron chi connectivity index (χ4n) is 4.16. The Balaban J connectivity index is 1.29. The van der Waals surface area contributed by atoms with E-state index in [1.807, 2.05) is 24.3 Å². The number of sulfonamides is 1. The molecule has 9 nitrogen and oxygen atoms in total. The van der Waals surface area contributed by atoms with E-state index in [9.17, 15) is 18.0 Å². The highest BCUT2D eigenvalue weighted by Crippen LogP contribution is 2.42. The predicted octanol–water partition coefficient (Wildman–Crippen LogP) is 2.29. The van der Waals surface area contributed by atoms with Crippen LogP contribution in [0, 0.1) is 5.92 Å². The topological polar surface area (TPSA) is 119 Å². The molecule has 4 rings (SSSR count). The summed E-state index contributed by atoms with van der Waals surface area (Å²) in [6.07, 6.45) is 8.41. The molecule has 0 aliphatic heterocycles. The fourth-order valence-corrected chi connectivity index (χ4v) is 5.49. The van der Waals surface area contributed by atoms with Crippen molar-refractivity contribution in [3.05, 3.63) is 62.9 Å². The molecule has 0 spiro atoms. The van der Waals surface area contributed by atoms with E-state index in [2.05, 4.69) is 9.71 Å². The summed E-state index contributed by atoms with van der Waals surface area (Å²) in [5.41, 5.74) is -0.109. The zero-order valence-electron chi connectivity index (χ0n) is 18.6. The minimum atomic E-state index is -3.51. The summed E-state index contributed by atoms with van der Waals surface area (Å²) in [4.78, 5) is 24.8. The number of aromatic nitrogens is 2. The van der Waals surface area contributed by atoms with Crippen molar-refractivity contribution in [3.63, 3.8) is 0 Å². The number of hydrogen-bond donors (Lipinski definition) is 2. The van der Waals surface area contributed by atoms with Crippen LogP contribution in [0.2, 0.25) is 0 Å². The zero-order valence-corrected chi connectivity index (χ0v) is 19.4. The van der Waals surface area contributed by atoms with E-state index in [0.717, 1.165) is 37.0 Å². The van der Waals surface area contributed by atoms with Crippen molar-refractivity contribution in [3.8, 4) is 5.75 Å². The van der Waals surface area contributed by atoms with Gasteiger partial charge in [0.15, 0.2) is 0 Å². The molecule has 2 fully saturated rings. The molecular weight excluding hydrogens is 446 g/mol. The Labute approximate surface area is 193 Å². The lowest BCUT2D eigenvalue weighted by atomic mass is 10.0. The third-order valence-corrected chi connectivity index (χ3v) is 7.49. The molecular formula is C23H31N3O6S. The second-order valence-electron chi connectivity index (χ2n) is 8.82. The van der Waals surface area contributed by atoms with Gasteiger partial charge in [-0.3, -0.25) is 14.3 Å². The van der Waals surface area contributed by atoms with Crippen molar-refractivity contribution in [2.75, 3.05) is 12.4 Å². The summed E-state index contributed by atoms with van der Waals surface area (Å²) in [7, 11) is -3.51. The van der Waals surface area contributed by atoms with E-state index in [1.165, 1.54) is 29.7 Å². The van der Waals surface area contributed by atoms with E-state index in [-0.39, 0.29) is 37.7 Å². The van der Waals surface area contributed by atoms with E-state index in [4.69, 9.17) is 9.47 Å². The molecule has 0 radical (unpaired) electrons. The van der Waals surface area contributed by atoms with Crippen LogP contribution in [-0.4, -0.2) is 36.4 Å². The van der Waals surface area contributed by atoms with Gasteiger partial charge in [0, 0.05) is 24.9 Å². The minimum absolute atomic E-state index is 0.0540. The van der Waals surface area contributed by atoms with Gasteiger partial charge in [-0.05, 0) is 68.6 Å². The molecule has 2 aliphatic carbocycles. The lowest BCUT2D eigenvalue weighted by molar-refractivity contribution is 0.0744. The maximum atomic E-state index is 12.7. The number of benzene rings is 1. The Kier molecular flexibility index (Phi) is 7.67. The van der Waals surface area contributed by atoms with Crippen molar-refractivity contribution < 1.29 is 17.9 Å². The third kappa shape index (κ3) is 7.02. The minimum Gasteiger partial charge on any atom is -0.490 e. The molecule has 0 saturated heterocycles. The predicted molar refractivity (Wildman–Crippen MR) is 124 cm³/mol. The average Bonchev–Trinajstić information content (AvgIpc) is 3.50. The Hall–Kier alpha value is -2.43. The summed E-state index contributed by atoms with van der Waals surface area (Å²) in [6, 6.07) is 8.75. The van der Waals surface area contributed by atoms with Crippen LogP contribution in [0.1, 0.15) is 56.6 Å². The van der Waals surface area contributed by atoms with E-state index < -0.39 is 21.3 Å². The average molecular weight is 478 g/mol. The van der Waals surface area contributed by atoms with Crippen molar-refractivity contribution in [2.45, 2.75) is 63.8 Å².